The van der Waals surface area contributed by atoms with Crippen LogP contribution in [0.15, 0.2) is 41.1 Å². The van der Waals surface area contributed by atoms with Crippen LogP contribution >= 0.6 is 11.3 Å². The highest BCUT2D eigenvalue weighted by Gasteiger charge is 2.32. The number of nitrogens with one attached hydrogen (secondary N) is 1. The predicted octanol–water partition coefficient (Wildman–Crippen LogP) is 2.28. The number of amides is 2. The van der Waals surface area contributed by atoms with Gasteiger partial charge in [0, 0.05) is 6.54 Å². The molecule has 1 N–H and O–H groups in total. The van der Waals surface area contributed by atoms with Crippen molar-refractivity contribution in [2.45, 2.75) is 19.1 Å². The number of hydrogen-bond acceptors (Lipinski definition) is 5. The van der Waals surface area contributed by atoms with Crippen molar-refractivity contribution in [2.24, 2.45) is 0 Å². The quantitative estimate of drug-likeness (QED) is 0.844. The van der Waals surface area contributed by atoms with Crippen molar-refractivity contribution in [3.8, 4) is 5.75 Å². The Kier molecular flexibility index (Phi) is 5.58. The number of para-hydroxylation sites is 2. The number of nitrogens with zero attached hydrogens (tertiary/aromatic N) is 2. The van der Waals surface area contributed by atoms with Gasteiger partial charge in [-0.3, -0.25) is 14.5 Å². The van der Waals surface area contributed by atoms with Crippen LogP contribution in [0, 0.1) is 0 Å². The zero-order chi connectivity index (χ0) is 18.7. The Hall–Kier alpha value is -2.38. The Morgan fingerprint density at radius 3 is 2.81 bits per heavy atom. The summed E-state index contributed by atoms with van der Waals surface area (Å²) in [7, 11) is 3.97. The number of carbonyl (C=O) groups is 2. The molecule has 2 heterocycles. The molecule has 138 valence electrons. The van der Waals surface area contributed by atoms with Crippen LogP contribution in [0.3, 0.4) is 0 Å². The maximum atomic E-state index is 12.5. The first-order chi connectivity index (χ1) is 12.5. The first-order valence-corrected chi connectivity index (χ1v) is 9.44. The van der Waals surface area contributed by atoms with Gasteiger partial charge in [-0.15, -0.1) is 0 Å². The average Bonchev–Trinajstić information content (AvgIpc) is 3.13. The van der Waals surface area contributed by atoms with Crippen molar-refractivity contribution in [3.63, 3.8) is 0 Å². The SMILES string of the molecule is C[C@H]1Oc2ccccc2N(CC(=O)NC[C@@H](c2ccsc2)N(C)C)C1=O. The second-order valence-electron chi connectivity index (χ2n) is 6.49. The van der Waals surface area contributed by atoms with Crippen molar-refractivity contribution in [1.29, 1.82) is 0 Å². The van der Waals surface area contributed by atoms with E-state index in [0.29, 0.717) is 18.0 Å². The van der Waals surface area contributed by atoms with Gasteiger partial charge in [-0.25, -0.2) is 0 Å². The van der Waals surface area contributed by atoms with Crippen LogP contribution in [-0.4, -0.2) is 50.0 Å². The van der Waals surface area contributed by atoms with Gasteiger partial charge in [-0.05, 0) is 55.5 Å². The van der Waals surface area contributed by atoms with Crippen LogP contribution < -0.4 is 15.0 Å². The monoisotopic (exact) mass is 373 g/mol. The van der Waals surface area contributed by atoms with Crippen molar-refractivity contribution >= 4 is 28.8 Å². The summed E-state index contributed by atoms with van der Waals surface area (Å²) >= 11 is 1.63. The summed E-state index contributed by atoms with van der Waals surface area (Å²) in [6.07, 6.45) is -0.599. The van der Waals surface area contributed by atoms with Gasteiger partial charge in [0.15, 0.2) is 6.10 Å². The van der Waals surface area contributed by atoms with Gasteiger partial charge in [0.05, 0.1) is 11.7 Å². The number of anilines is 1. The van der Waals surface area contributed by atoms with Gasteiger partial charge in [0.25, 0.3) is 5.91 Å². The van der Waals surface area contributed by atoms with Crippen LogP contribution in [0.4, 0.5) is 5.69 Å². The lowest BCUT2D eigenvalue weighted by atomic mass is 10.1. The van der Waals surface area contributed by atoms with E-state index in [1.54, 1.807) is 24.3 Å². The molecule has 0 fully saturated rings. The molecule has 3 rings (SSSR count). The van der Waals surface area contributed by atoms with Crippen LogP contribution in [0.5, 0.6) is 5.75 Å². The zero-order valence-electron chi connectivity index (χ0n) is 15.1. The van der Waals surface area contributed by atoms with Crippen molar-refractivity contribution < 1.29 is 14.3 Å². The van der Waals surface area contributed by atoms with E-state index in [4.69, 9.17) is 4.74 Å². The van der Waals surface area contributed by atoms with E-state index < -0.39 is 6.10 Å². The van der Waals surface area contributed by atoms with Gasteiger partial charge in [0.2, 0.25) is 5.91 Å². The normalized spacial score (nSPS) is 17.6. The highest BCUT2D eigenvalue weighted by molar-refractivity contribution is 7.07. The van der Waals surface area contributed by atoms with E-state index in [0.717, 1.165) is 0 Å². The fourth-order valence-corrected chi connectivity index (χ4v) is 3.70. The van der Waals surface area contributed by atoms with E-state index in [1.165, 1.54) is 10.5 Å². The molecule has 7 heteroatoms. The number of fused-ring (bicyclic) bond motifs is 1. The zero-order valence-corrected chi connectivity index (χ0v) is 16.0. The molecular formula is C19H23N3O3S. The molecule has 0 saturated heterocycles. The summed E-state index contributed by atoms with van der Waals surface area (Å²) in [6, 6.07) is 9.43. The Labute approximate surface area is 157 Å². The van der Waals surface area contributed by atoms with Gasteiger partial charge in [-0.2, -0.15) is 11.3 Å². The first-order valence-electron chi connectivity index (χ1n) is 8.49. The van der Waals surface area contributed by atoms with Crippen molar-refractivity contribution in [3.05, 3.63) is 46.7 Å². The van der Waals surface area contributed by atoms with E-state index in [1.807, 2.05) is 37.7 Å². The van der Waals surface area contributed by atoms with Gasteiger partial charge in [-0.1, -0.05) is 12.1 Å². The van der Waals surface area contributed by atoms with Crippen LogP contribution in [0.25, 0.3) is 0 Å². The molecule has 1 aliphatic heterocycles. The Bertz CT molecular complexity index is 776. The van der Waals surface area contributed by atoms with Crippen molar-refractivity contribution in [1.82, 2.24) is 10.2 Å². The molecular weight excluding hydrogens is 350 g/mol. The fourth-order valence-electron chi connectivity index (χ4n) is 3.00. The topological polar surface area (TPSA) is 61.9 Å². The standard InChI is InChI=1S/C19H23N3O3S/c1-13-19(24)22(15-6-4-5-7-17(15)25-13)11-18(23)20-10-16(21(2)3)14-8-9-26-12-14/h4-9,12-13,16H,10-11H2,1-3H3,(H,20,23)/t13-,16+/m1/s1. The van der Waals surface area contributed by atoms with E-state index in [9.17, 15) is 9.59 Å². The Balaban J connectivity index is 1.67. The minimum absolute atomic E-state index is 0.0205. The lowest BCUT2D eigenvalue weighted by molar-refractivity contribution is -0.128. The molecule has 0 unspecified atom stereocenters. The summed E-state index contributed by atoms with van der Waals surface area (Å²) < 4.78 is 5.61. The number of likely N-dealkylation sites (N-methyl/N-ethyl adjacent to an activating group) is 1. The predicted molar refractivity (Wildman–Crippen MR) is 103 cm³/mol. The Morgan fingerprint density at radius 2 is 2.12 bits per heavy atom. The van der Waals surface area contributed by atoms with Crippen LogP contribution in [-0.2, 0) is 9.59 Å². The number of rotatable bonds is 6. The molecule has 1 aliphatic rings. The number of benzene rings is 1. The lowest BCUT2D eigenvalue weighted by Crippen LogP contribution is -2.49. The summed E-state index contributed by atoms with van der Waals surface area (Å²) in [5.41, 5.74) is 1.80. The van der Waals surface area contributed by atoms with Gasteiger partial charge >= 0.3 is 0 Å². The molecule has 6 nitrogen and oxygen atoms in total. The highest BCUT2D eigenvalue weighted by atomic mass is 32.1. The fraction of sp³-hybridized carbons (Fsp3) is 0.368. The number of carbonyl (C=O) groups excluding carboxylic acids is 2. The molecule has 2 amide bonds. The maximum Gasteiger partial charge on any atom is 0.268 e. The third-order valence-electron chi connectivity index (χ3n) is 4.42. The highest BCUT2D eigenvalue weighted by Crippen LogP contribution is 2.33. The summed E-state index contributed by atoms with van der Waals surface area (Å²) in [5, 5.41) is 7.06. The Morgan fingerprint density at radius 1 is 1.35 bits per heavy atom. The average molecular weight is 373 g/mol. The summed E-state index contributed by atoms with van der Waals surface area (Å²) in [4.78, 5) is 28.5. The number of hydrogen-bond donors (Lipinski definition) is 1. The maximum absolute atomic E-state index is 12.5. The van der Waals surface area contributed by atoms with Gasteiger partial charge < -0.3 is 15.0 Å². The molecule has 1 aromatic heterocycles. The molecule has 1 aromatic carbocycles. The molecule has 2 atom stereocenters. The van der Waals surface area contributed by atoms with Crippen LogP contribution in [0.1, 0.15) is 18.5 Å². The number of thiophene rings is 1. The molecule has 0 spiro atoms. The molecule has 0 bridgehead atoms. The molecule has 0 saturated carbocycles. The largest absolute Gasteiger partial charge is 0.479 e. The minimum atomic E-state index is -0.599. The van der Waals surface area contributed by atoms with Gasteiger partial charge in [0.1, 0.15) is 12.3 Å². The van der Waals surface area contributed by atoms with E-state index in [-0.39, 0.29) is 24.4 Å². The summed E-state index contributed by atoms with van der Waals surface area (Å²) in [5.74, 6) is 0.224. The minimum Gasteiger partial charge on any atom is -0.479 e. The van der Waals surface area contributed by atoms with E-state index >= 15 is 0 Å². The first kappa shape index (κ1) is 18.4. The molecule has 26 heavy (non-hydrogen) atoms. The molecule has 0 radical (unpaired) electrons. The summed E-state index contributed by atoms with van der Waals surface area (Å²) in [6.45, 7) is 2.16. The second-order valence-corrected chi connectivity index (χ2v) is 7.27. The smallest absolute Gasteiger partial charge is 0.268 e. The lowest BCUT2D eigenvalue weighted by Gasteiger charge is -2.32. The van der Waals surface area contributed by atoms with Crippen molar-refractivity contribution in [2.75, 3.05) is 32.1 Å². The molecule has 0 aliphatic carbocycles. The second kappa shape index (κ2) is 7.88. The third kappa shape index (κ3) is 3.89. The molecule has 2 aromatic rings. The van der Waals surface area contributed by atoms with Crippen LogP contribution in [0.2, 0.25) is 0 Å². The third-order valence-corrected chi connectivity index (χ3v) is 5.12. The number of ether oxygens (including phenoxy) is 1. The van der Waals surface area contributed by atoms with E-state index in [2.05, 4.69) is 21.7 Å².